The molecule has 2 unspecified atom stereocenters. The topological polar surface area (TPSA) is 35.8 Å². The first-order valence-corrected chi connectivity index (χ1v) is 8.51. The average molecular weight is 305 g/mol. The summed E-state index contributed by atoms with van der Waals surface area (Å²) in [6.07, 6.45) is 0.836. The number of nitrogens with zero attached hydrogens (tertiary/aromatic N) is 1. The predicted molar refractivity (Wildman–Crippen MR) is 92.8 cm³/mol. The van der Waals surface area contributed by atoms with E-state index in [1.165, 1.54) is 10.5 Å². The lowest BCUT2D eigenvalue weighted by atomic mass is 9.87. The quantitative estimate of drug-likeness (QED) is 0.771. The van der Waals surface area contributed by atoms with Crippen LogP contribution in [0.2, 0.25) is 0 Å². The van der Waals surface area contributed by atoms with Crippen LogP contribution in [0.25, 0.3) is 0 Å². The fourth-order valence-electron chi connectivity index (χ4n) is 2.43. The van der Waals surface area contributed by atoms with Crippen molar-refractivity contribution in [3.8, 4) is 6.07 Å². The lowest BCUT2D eigenvalue weighted by molar-refractivity contribution is 0.429. The molecule has 0 amide bonds. The van der Waals surface area contributed by atoms with Crippen molar-refractivity contribution in [3.05, 3.63) is 29.8 Å². The average Bonchev–Trinajstić information content (AvgIpc) is 2.38. The molecule has 116 valence electrons. The lowest BCUT2D eigenvalue weighted by Crippen LogP contribution is -2.42. The van der Waals surface area contributed by atoms with Crippen LogP contribution in [0.15, 0.2) is 29.2 Å². The van der Waals surface area contributed by atoms with E-state index in [4.69, 9.17) is 0 Å². The molecule has 2 atom stereocenters. The van der Waals surface area contributed by atoms with Crippen LogP contribution < -0.4 is 5.32 Å². The highest BCUT2D eigenvalue weighted by molar-refractivity contribution is 7.99. The van der Waals surface area contributed by atoms with E-state index < -0.39 is 5.54 Å². The van der Waals surface area contributed by atoms with Crippen LogP contribution in [0.3, 0.4) is 0 Å². The van der Waals surface area contributed by atoms with Gasteiger partial charge in [0.1, 0.15) is 5.54 Å². The molecule has 0 aliphatic rings. The van der Waals surface area contributed by atoms with Gasteiger partial charge >= 0.3 is 0 Å². The minimum absolute atomic E-state index is 0.194. The highest BCUT2D eigenvalue weighted by Crippen LogP contribution is 2.30. The summed E-state index contributed by atoms with van der Waals surface area (Å²) >= 11 is 1.84. The molecule has 0 heterocycles. The third kappa shape index (κ3) is 5.73. The summed E-state index contributed by atoms with van der Waals surface area (Å²) in [7, 11) is 0. The molecule has 1 aromatic carbocycles. The Kier molecular flexibility index (Phi) is 6.31. The van der Waals surface area contributed by atoms with Crippen molar-refractivity contribution in [1.29, 1.82) is 5.26 Å². The van der Waals surface area contributed by atoms with Gasteiger partial charge in [0, 0.05) is 10.1 Å². The van der Waals surface area contributed by atoms with Gasteiger partial charge in [0.15, 0.2) is 0 Å². The SMILES string of the molecule is CCNC(C)(C#N)CC(C)Sc1ccc(C(C)(C)C)cc1. The zero-order valence-corrected chi connectivity index (χ0v) is 15.0. The van der Waals surface area contributed by atoms with Crippen molar-refractivity contribution in [2.24, 2.45) is 0 Å². The largest absolute Gasteiger partial charge is 0.300 e. The first kappa shape index (κ1) is 18.1. The van der Waals surface area contributed by atoms with Gasteiger partial charge in [-0.2, -0.15) is 5.26 Å². The molecule has 0 bridgehead atoms. The van der Waals surface area contributed by atoms with Crippen LogP contribution in [-0.4, -0.2) is 17.3 Å². The Labute approximate surface area is 134 Å². The van der Waals surface area contributed by atoms with E-state index in [0.717, 1.165) is 13.0 Å². The van der Waals surface area contributed by atoms with Crippen molar-refractivity contribution < 1.29 is 0 Å². The van der Waals surface area contributed by atoms with Crippen LogP contribution >= 0.6 is 11.8 Å². The fourth-order valence-corrected chi connectivity index (χ4v) is 3.60. The Morgan fingerprint density at radius 3 is 2.19 bits per heavy atom. The van der Waals surface area contributed by atoms with Gasteiger partial charge in [-0.3, -0.25) is 5.32 Å². The molecule has 21 heavy (non-hydrogen) atoms. The first-order chi connectivity index (χ1) is 9.70. The van der Waals surface area contributed by atoms with Gasteiger partial charge in [-0.1, -0.05) is 46.8 Å². The molecule has 0 aliphatic heterocycles. The van der Waals surface area contributed by atoms with Crippen molar-refractivity contribution in [1.82, 2.24) is 5.32 Å². The zero-order chi connectivity index (χ0) is 16.1. The lowest BCUT2D eigenvalue weighted by Gasteiger charge is -2.26. The van der Waals surface area contributed by atoms with E-state index in [2.05, 4.69) is 63.3 Å². The van der Waals surface area contributed by atoms with Crippen LogP contribution in [0.4, 0.5) is 0 Å². The third-order valence-corrected chi connectivity index (χ3v) is 4.68. The van der Waals surface area contributed by atoms with E-state index in [1.807, 2.05) is 25.6 Å². The maximum absolute atomic E-state index is 9.34. The van der Waals surface area contributed by atoms with Gasteiger partial charge in [-0.25, -0.2) is 0 Å². The summed E-state index contributed by atoms with van der Waals surface area (Å²) in [5.74, 6) is 0. The summed E-state index contributed by atoms with van der Waals surface area (Å²) < 4.78 is 0. The third-order valence-electron chi connectivity index (χ3n) is 3.57. The Morgan fingerprint density at radius 1 is 1.19 bits per heavy atom. The minimum atomic E-state index is -0.438. The number of rotatable bonds is 6. The summed E-state index contributed by atoms with van der Waals surface area (Å²) in [4.78, 5) is 1.27. The molecule has 0 radical (unpaired) electrons. The zero-order valence-electron chi connectivity index (χ0n) is 14.2. The summed E-state index contributed by atoms with van der Waals surface area (Å²) in [5.41, 5.74) is 1.11. The van der Waals surface area contributed by atoms with E-state index >= 15 is 0 Å². The number of nitrogens with one attached hydrogen (secondary N) is 1. The molecular formula is C18H28N2S. The Balaban J connectivity index is 2.67. The number of hydrogen-bond acceptors (Lipinski definition) is 3. The van der Waals surface area contributed by atoms with Crippen molar-refractivity contribution in [2.45, 2.75) is 69.1 Å². The molecular weight excluding hydrogens is 276 g/mol. The van der Waals surface area contributed by atoms with Gasteiger partial charge in [0.25, 0.3) is 0 Å². The molecule has 3 heteroatoms. The molecule has 0 fully saturated rings. The highest BCUT2D eigenvalue weighted by atomic mass is 32.2. The smallest absolute Gasteiger partial charge is 0.104 e. The maximum atomic E-state index is 9.34. The summed E-state index contributed by atoms with van der Waals surface area (Å²) in [6, 6.07) is 11.2. The Morgan fingerprint density at radius 2 is 1.76 bits per heavy atom. The van der Waals surface area contributed by atoms with Crippen LogP contribution in [0.1, 0.15) is 53.5 Å². The molecule has 2 nitrogen and oxygen atoms in total. The second-order valence-electron chi connectivity index (χ2n) is 6.88. The van der Waals surface area contributed by atoms with Crippen molar-refractivity contribution >= 4 is 11.8 Å². The number of benzene rings is 1. The van der Waals surface area contributed by atoms with Gasteiger partial charge < -0.3 is 0 Å². The van der Waals surface area contributed by atoms with Gasteiger partial charge in [-0.05, 0) is 43.0 Å². The van der Waals surface area contributed by atoms with E-state index in [1.54, 1.807) is 0 Å². The first-order valence-electron chi connectivity index (χ1n) is 7.63. The molecule has 0 saturated carbocycles. The Bertz CT molecular complexity index is 481. The molecule has 0 aliphatic carbocycles. The second-order valence-corrected chi connectivity index (χ2v) is 8.39. The number of nitriles is 1. The normalized spacial score (nSPS) is 16.0. The second kappa shape index (κ2) is 7.33. The van der Waals surface area contributed by atoms with Crippen LogP contribution in [-0.2, 0) is 5.41 Å². The molecule has 0 spiro atoms. The molecule has 1 N–H and O–H groups in total. The van der Waals surface area contributed by atoms with Crippen molar-refractivity contribution in [2.75, 3.05) is 6.54 Å². The fraction of sp³-hybridized carbons (Fsp3) is 0.611. The number of hydrogen-bond donors (Lipinski definition) is 1. The minimum Gasteiger partial charge on any atom is -0.300 e. The van der Waals surface area contributed by atoms with Gasteiger partial charge in [0.2, 0.25) is 0 Å². The standard InChI is InChI=1S/C18H28N2S/c1-7-20-18(6,13-19)12-14(2)21-16-10-8-15(9-11-16)17(3,4)5/h8-11,14,20H,7,12H2,1-6H3. The summed E-state index contributed by atoms with van der Waals surface area (Å²) in [6.45, 7) is 13.7. The van der Waals surface area contributed by atoms with Crippen LogP contribution in [0, 0.1) is 11.3 Å². The van der Waals surface area contributed by atoms with Gasteiger partial charge in [0.05, 0.1) is 6.07 Å². The van der Waals surface area contributed by atoms with E-state index in [9.17, 15) is 5.26 Å². The molecule has 1 rings (SSSR count). The Hall–Kier alpha value is -0.980. The van der Waals surface area contributed by atoms with Crippen LogP contribution in [0.5, 0.6) is 0 Å². The van der Waals surface area contributed by atoms with E-state index in [-0.39, 0.29) is 5.41 Å². The monoisotopic (exact) mass is 304 g/mol. The van der Waals surface area contributed by atoms with Crippen molar-refractivity contribution in [3.63, 3.8) is 0 Å². The predicted octanol–water partition coefficient (Wildman–Crippen LogP) is 4.75. The van der Waals surface area contributed by atoms with E-state index in [0.29, 0.717) is 5.25 Å². The molecule has 0 aromatic heterocycles. The van der Waals surface area contributed by atoms with Gasteiger partial charge in [-0.15, -0.1) is 11.8 Å². The number of thioether (sulfide) groups is 1. The highest BCUT2D eigenvalue weighted by Gasteiger charge is 2.25. The summed E-state index contributed by atoms with van der Waals surface area (Å²) in [5, 5.41) is 13.0. The molecule has 1 aromatic rings. The maximum Gasteiger partial charge on any atom is 0.104 e. The molecule has 0 saturated heterocycles.